The Kier molecular flexibility index (Phi) is 2.70. The van der Waals surface area contributed by atoms with Crippen LogP contribution >= 0.6 is 0 Å². The molecule has 2 aliphatic carbocycles. The molecule has 3 rings (SSSR count). The summed E-state index contributed by atoms with van der Waals surface area (Å²) >= 11 is 0. The number of hydrogen-bond donors (Lipinski definition) is 1. The molecule has 0 aromatic heterocycles. The number of para-hydroxylation sites is 1. The highest BCUT2D eigenvalue weighted by molar-refractivity contribution is 5.54. The maximum atomic E-state index is 3.75. The SMILES string of the molecule is CC(C)c1ccccc1NC1CC2CC=CC21. The van der Waals surface area contributed by atoms with Gasteiger partial charge in [-0.3, -0.25) is 0 Å². The molecule has 0 saturated heterocycles. The van der Waals surface area contributed by atoms with Crippen LogP contribution in [0.2, 0.25) is 0 Å². The Balaban J connectivity index is 1.75. The van der Waals surface area contributed by atoms with E-state index in [0.717, 1.165) is 11.8 Å². The summed E-state index contributed by atoms with van der Waals surface area (Å²) in [5.74, 6) is 2.31. The van der Waals surface area contributed by atoms with Crippen LogP contribution in [0.3, 0.4) is 0 Å². The molecule has 3 atom stereocenters. The number of allylic oxidation sites excluding steroid dienone is 1. The minimum Gasteiger partial charge on any atom is -0.381 e. The van der Waals surface area contributed by atoms with Crippen LogP contribution in [-0.2, 0) is 0 Å². The van der Waals surface area contributed by atoms with E-state index in [1.165, 1.54) is 24.1 Å². The van der Waals surface area contributed by atoms with Gasteiger partial charge in [0.05, 0.1) is 0 Å². The van der Waals surface area contributed by atoms with Crippen LogP contribution in [0.4, 0.5) is 5.69 Å². The summed E-state index contributed by atoms with van der Waals surface area (Å²) in [6.07, 6.45) is 7.40. The summed E-state index contributed by atoms with van der Waals surface area (Å²) in [6, 6.07) is 9.40. The van der Waals surface area contributed by atoms with Gasteiger partial charge < -0.3 is 5.32 Å². The fourth-order valence-corrected chi connectivity index (χ4v) is 3.22. The molecule has 0 spiro atoms. The highest BCUT2D eigenvalue weighted by Crippen LogP contribution is 2.44. The van der Waals surface area contributed by atoms with Gasteiger partial charge in [-0.15, -0.1) is 0 Å². The van der Waals surface area contributed by atoms with Crippen molar-refractivity contribution in [3.63, 3.8) is 0 Å². The molecule has 0 bridgehead atoms. The van der Waals surface area contributed by atoms with Crippen LogP contribution in [-0.4, -0.2) is 6.04 Å². The molecule has 1 saturated carbocycles. The van der Waals surface area contributed by atoms with E-state index in [1.807, 2.05) is 0 Å². The zero-order valence-corrected chi connectivity index (χ0v) is 10.7. The smallest absolute Gasteiger partial charge is 0.0377 e. The van der Waals surface area contributed by atoms with E-state index < -0.39 is 0 Å². The third-order valence-electron chi connectivity index (χ3n) is 4.29. The fourth-order valence-electron chi connectivity index (χ4n) is 3.22. The van der Waals surface area contributed by atoms with Crippen molar-refractivity contribution in [2.45, 2.75) is 38.6 Å². The van der Waals surface area contributed by atoms with E-state index in [-0.39, 0.29) is 0 Å². The zero-order valence-electron chi connectivity index (χ0n) is 10.7. The van der Waals surface area contributed by atoms with Gasteiger partial charge in [0.2, 0.25) is 0 Å². The standard InChI is InChI=1S/C16H21N/c1-11(2)13-7-3-4-9-15(13)17-16-10-12-6-5-8-14(12)16/h3-5,7-9,11-12,14,16-17H,6,10H2,1-2H3. The van der Waals surface area contributed by atoms with Gasteiger partial charge >= 0.3 is 0 Å². The first-order valence-corrected chi connectivity index (χ1v) is 6.78. The molecule has 1 heteroatoms. The first kappa shape index (κ1) is 10.9. The molecule has 1 aromatic rings. The van der Waals surface area contributed by atoms with E-state index in [9.17, 15) is 0 Å². The van der Waals surface area contributed by atoms with Crippen LogP contribution in [0.15, 0.2) is 36.4 Å². The molecule has 2 aliphatic rings. The van der Waals surface area contributed by atoms with Gasteiger partial charge in [0.15, 0.2) is 0 Å². The van der Waals surface area contributed by atoms with Crippen LogP contribution in [0.25, 0.3) is 0 Å². The van der Waals surface area contributed by atoms with Crippen molar-refractivity contribution in [1.82, 2.24) is 0 Å². The predicted octanol–water partition coefficient (Wildman–Crippen LogP) is 4.19. The molecule has 90 valence electrons. The molecule has 1 N–H and O–H groups in total. The number of nitrogens with one attached hydrogen (secondary N) is 1. The van der Waals surface area contributed by atoms with Crippen LogP contribution in [0.5, 0.6) is 0 Å². The Hall–Kier alpha value is -1.24. The quantitative estimate of drug-likeness (QED) is 0.764. The number of anilines is 1. The van der Waals surface area contributed by atoms with Crippen molar-refractivity contribution < 1.29 is 0 Å². The molecule has 0 amide bonds. The van der Waals surface area contributed by atoms with Crippen LogP contribution in [0, 0.1) is 11.8 Å². The summed E-state index contributed by atoms with van der Waals surface area (Å²) in [5, 5.41) is 3.75. The Morgan fingerprint density at radius 1 is 1.24 bits per heavy atom. The Morgan fingerprint density at radius 2 is 2.06 bits per heavy atom. The first-order chi connectivity index (χ1) is 8.25. The molecule has 0 aliphatic heterocycles. The molecule has 3 unspecified atom stereocenters. The fraction of sp³-hybridized carbons (Fsp3) is 0.500. The van der Waals surface area contributed by atoms with E-state index in [4.69, 9.17) is 0 Å². The average Bonchev–Trinajstić information content (AvgIpc) is 2.68. The zero-order chi connectivity index (χ0) is 11.8. The van der Waals surface area contributed by atoms with Gasteiger partial charge in [-0.25, -0.2) is 0 Å². The minimum absolute atomic E-state index is 0.591. The number of hydrogen-bond acceptors (Lipinski definition) is 1. The highest BCUT2D eigenvalue weighted by atomic mass is 15.0. The van der Waals surface area contributed by atoms with E-state index in [0.29, 0.717) is 12.0 Å². The number of fused-ring (bicyclic) bond motifs is 1. The molecule has 1 aromatic carbocycles. The summed E-state index contributed by atoms with van der Waals surface area (Å²) < 4.78 is 0. The Morgan fingerprint density at radius 3 is 2.82 bits per heavy atom. The van der Waals surface area contributed by atoms with Gasteiger partial charge in [0, 0.05) is 17.6 Å². The van der Waals surface area contributed by atoms with Crippen molar-refractivity contribution in [2.24, 2.45) is 11.8 Å². The van der Waals surface area contributed by atoms with Crippen molar-refractivity contribution in [3.8, 4) is 0 Å². The van der Waals surface area contributed by atoms with Crippen molar-refractivity contribution >= 4 is 5.69 Å². The van der Waals surface area contributed by atoms with Crippen molar-refractivity contribution in [2.75, 3.05) is 5.32 Å². The predicted molar refractivity (Wildman–Crippen MR) is 73.3 cm³/mol. The van der Waals surface area contributed by atoms with Crippen LogP contribution < -0.4 is 5.32 Å². The molecule has 1 nitrogen and oxygen atoms in total. The normalized spacial score (nSPS) is 30.2. The Labute approximate surface area is 104 Å². The monoisotopic (exact) mass is 227 g/mol. The van der Waals surface area contributed by atoms with Gasteiger partial charge in [-0.1, -0.05) is 44.2 Å². The van der Waals surface area contributed by atoms with Gasteiger partial charge in [0.1, 0.15) is 0 Å². The van der Waals surface area contributed by atoms with Gasteiger partial charge in [-0.2, -0.15) is 0 Å². The molecule has 0 radical (unpaired) electrons. The lowest BCUT2D eigenvalue weighted by Crippen LogP contribution is -2.43. The maximum absolute atomic E-state index is 3.75. The third-order valence-corrected chi connectivity index (χ3v) is 4.29. The first-order valence-electron chi connectivity index (χ1n) is 6.78. The second-order valence-corrected chi connectivity index (χ2v) is 5.73. The molecular formula is C16H21N. The molecular weight excluding hydrogens is 206 g/mol. The lowest BCUT2D eigenvalue weighted by molar-refractivity contribution is 0.218. The minimum atomic E-state index is 0.591. The number of benzene rings is 1. The second kappa shape index (κ2) is 4.21. The van der Waals surface area contributed by atoms with Gasteiger partial charge in [-0.05, 0) is 36.3 Å². The van der Waals surface area contributed by atoms with E-state index >= 15 is 0 Å². The van der Waals surface area contributed by atoms with Crippen molar-refractivity contribution in [3.05, 3.63) is 42.0 Å². The van der Waals surface area contributed by atoms with E-state index in [1.54, 1.807) is 0 Å². The highest BCUT2D eigenvalue weighted by Gasteiger charge is 2.41. The van der Waals surface area contributed by atoms with Crippen LogP contribution in [0.1, 0.15) is 38.2 Å². The maximum Gasteiger partial charge on any atom is 0.0377 e. The lowest BCUT2D eigenvalue weighted by atomic mass is 9.71. The summed E-state index contributed by atoms with van der Waals surface area (Å²) in [4.78, 5) is 0. The number of rotatable bonds is 3. The third kappa shape index (κ3) is 1.88. The largest absolute Gasteiger partial charge is 0.381 e. The van der Waals surface area contributed by atoms with Crippen molar-refractivity contribution in [1.29, 1.82) is 0 Å². The molecule has 17 heavy (non-hydrogen) atoms. The Bertz CT molecular complexity index is 433. The summed E-state index contributed by atoms with van der Waals surface area (Å²) in [5.41, 5.74) is 2.78. The topological polar surface area (TPSA) is 12.0 Å². The van der Waals surface area contributed by atoms with Gasteiger partial charge in [0.25, 0.3) is 0 Å². The average molecular weight is 227 g/mol. The molecule has 1 fully saturated rings. The van der Waals surface area contributed by atoms with E-state index in [2.05, 4.69) is 55.6 Å². The molecule has 0 heterocycles. The summed E-state index contributed by atoms with van der Waals surface area (Å²) in [7, 11) is 0. The second-order valence-electron chi connectivity index (χ2n) is 5.73. The lowest BCUT2D eigenvalue weighted by Gasteiger charge is -2.41. The summed E-state index contributed by atoms with van der Waals surface area (Å²) in [6.45, 7) is 4.53.